The van der Waals surface area contributed by atoms with Crippen LogP contribution in [0.1, 0.15) is 226 Å². The number of amides is 1. The van der Waals surface area contributed by atoms with Crippen molar-refractivity contribution in [3.05, 3.63) is 24.3 Å². The lowest BCUT2D eigenvalue weighted by Gasteiger charge is -2.41. The van der Waals surface area contributed by atoms with Crippen LogP contribution in [0.4, 0.5) is 0 Å². The first-order chi connectivity index (χ1) is 30.9. The molecule has 7 N–H and O–H groups in total. The first-order valence-electron chi connectivity index (χ1n) is 25.8. The van der Waals surface area contributed by atoms with E-state index in [2.05, 4.69) is 35.5 Å². The molecule has 1 rings (SSSR count). The Labute approximate surface area is 389 Å². The summed E-state index contributed by atoms with van der Waals surface area (Å²) in [7, 11) is -5.12. The van der Waals surface area contributed by atoms with Gasteiger partial charge in [-0.1, -0.05) is 218 Å². The highest BCUT2D eigenvalue weighted by atomic mass is 32.3. The van der Waals surface area contributed by atoms with E-state index in [1.165, 1.54) is 160 Å². The van der Waals surface area contributed by atoms with Crippen LogP contribution in [0.25, 0.3) is 0 Å². The molecule has 1 fully saturated rings. The summed E-state index contributed by atoms with van der Waals surface area (Å²) in [5.41, 5.74) is 0. The molecule has 0 radical (unpaired) electrons. The molecule has 64 heavy (non-hydrogen) atoms. The quantitative estimate of drug-likeness (QED) is 0.0173. The zero-order valence-corrected chi connectivity index (χ0v) is 41.0. The molecule has 14 heteroatoms. The fourth-order valence-corrected chi connectivity index (χ4v) is 8.75. The number of hydrogen-bond donors (Lipinski definition) is 7. The molecular formula is C50H95NO12S. The van der Waals surface area contributed by atoms with Crippen molar-refractivity contribution < 1.29 is 57.0 Å². The van der Waals surface area contributed by atoms with Gasteiger partial charge in [0.15, 0.2) is 6.29 Å². The average molecular weight is 934 g/mol. The normalized spacial score (nSPS) is 20.9. The molecule has 1 amide bonds. The number of aliphatic hydroxyl groups is 5. The molecule has 1 saturated heterocycles. The lowest BCUT2D eigenvalue weighted by Crippen LogP contribution is -2.61. The maximum absolute atomic E-state index is 13.1. The summed E-state index contributed by atoms with van der Waals surface area (Å²) in [5.74, 6) is -0.709. The van der Waals surface area contributed by atoms with E-state index < -0.39 is 78.5 Å². The van der Waals surface area contributed by atoms with Crippen LogP contribution in [0.3, 0.4) is 0 Å². The first kappa shape index (κ1) is 60.6. The molecule has 1 aliphatic heterocycles. The molecule has 0 aromatic heterocycles. The van der Waals surface area contributed by atoms with Crippen LogP contribution in [0, 0.1) is 0 Å². The molecule has 1 aliphatic rings. The van der Waals surface area contributed by atoms with Gasteiger partial charge in [-0.05, 0) is 32.1 Å². The molecular weight excluding hydrogens is 839 g/mol. The van der Waals surface area contributed by atoms with Crippen molar-refractivity contribution in [3.8, 4) is 0 Å². The van der Waals surface area contributed by atoms with Crippen molar-refractivity contribution in [2.75, 3.05) is 13.2 Å². The Morgan fingerprint density at radius 1 is 0.625 bits per heavy atom. The number of nitrogens with one attached hydrogen (secondary N) is 1. The Bertz CT molecular complexity index is 1250. The van der Waals surface area contributed by atoms with Gasteiger partial charge in [-0.15, -0.1) is 0 Å². The number of hydrogen-bond acceptors (Lipinski definition) is 11. The number of carbonyl (C=O) groups is 1. The second-order valence-electron chi connectivity index (χ2n) is 18.3. The standard InChI is InChI=1S/C50H95NO12S/c1-3-5-7-9-11-13-15-17-19-20-21-22-23-24-25-27-29-31-33-35-37-39-44(54)49(57)51-42(41-61-50-47(56)48(63-64(58,59)60)46(55)45(40-52)62-50)43(53)38-36-34-32-30-28-26-18-16-14-12-10-8-6-4-2/h28,30,36,38,42-48,50,52-56H,3-27,29,31-35,37,39-41H2,1-2H3,(H,51,57)(H,58,59,60)/b30-28+,38-36+. The van der Waals surface area contributed by atoms with Gasteiger partial charge >= 0.3 is 10.4 Å². The maximum Gasteiger partial charge on any atom is 0.397 e. The molecule has 0 aromatic carbocycles. The Kier molecular flexibility index (Phi) is 38.4. The van der Waals surface area contributed by atoms with Gasteiger partial charge in [-0.3, -0.25) is 9.35 Å². The van der Waals surface area contributed by atoms with Gasteiger partial charge in [0, 0.05) is 0 Å². The second-order valence-corrected chi connectivity index (χ2v) is 19.3. The van der Waals surface area contributed by atoms with E-state index in [1.54, 1.807) is 6.08 Å². The molecule has 0 aromatic rings. The number of allylic oxidation sites excluding steroid dienone is 3. The van der Waals surface area contributed by atoms with Crippen molar-refractivity contribution in [3.63, 3.8) is 0 Å². The number of carbonyl (C=O) groups excluding carboxylic acids is 1. The Balaban J connectivity index is 2.49. The molecule has 378 valence electrons. The SMILES string of the molecule is CCCCCCCCCC/C=C/CC/C=C/C(O)C(COC1OC(CO)C(O)C(OS(=O)(=O)O)C1O)NC(=O)C(O)CCCCCCCCCCCCCCCCCCCCCCC. The third-order valence-corrected chi connectivity index (χ3v) is 12.8. The first-order valence-corrected chi connectivity index (χ1v) is 27.2. The average Bonchev–Trinajstić information content (AvgIpc) is 3.27. The van der Waals surface area contributed by atoms with Crippen LogP contribution in [-0.4, -0.2) is 107 Å². The number of rotatable bonds is 44. The lowest BCUT2D eigenvalue weighted by atomic mass is 9.99. The summed E-state index contributed by atoms with van der Waals surface area (Å²) >= 11 is 0. The van der Waals surface area contributed by atoms with Crippen molar-refractivity contribution in [2.45, 2.75) is 275 Å². The molecule has 0 aliphatic carbocycles. The minimum atomic E-state index is -5.12. The zero-order chi connectivity index (χ0) is 47.1. The fraction of sp³-hybridized carbons (Fsp3) is 0.900. The Morgan fingerprint density at radius 3 is 1.50 bits per heavy atom. The Morgan fingerprint density at radius 2 is 1.05 bits per heavy atom. The van der Waals surface area contributed by atoms with Gasteiger partial charge in [0.1, 0.15) is 30.5 Å². The van der Waals surface area contributed by atoms with Crippen LogP contribution < -0.4 is 5.32 Å². The minimum Gasteiger partial charge on any atom is -0.394 e. The van der Waals surface area contributed by atoms with Gasteiger partial charge in [0.25, 0.3) is 0 Å². The van der Waals surface area contributed by atoms with E-state index >= 15 is 0 Å². The molecule has 0 bridgehead atoms. The third-order valence-electron chi connectivity index (χ3n) is 12.3. The second kappa shape index (κ2) is 40.6. The van der Waals surface area contributed by atoms with E-state index in [9.17, 15) is 43.3 Å². The van der Waals surface area contributed by atoms with Crippen molar-refractivity contribution in [1.82, 2.24) is 5.32 Å². The van der Waals surface area contributed by atoms with Gasteiger partial charge in [0.2, 0.25) is 5.91 Å². The number of unbranched alkanes of at least 4 members (excludes halogenated alkanes) is 29. The van der Waals surface area contributed by atoms with Crippen LogP contribution in [-0.2, 0) is 28.9 Å². The summed E-state index contributed by atoms with van der Waals surface area (Å²) in [6, 6.07) is -1.13. The molecule has 13 nitrogen and oxygen atoms in total. The molecule has 8 unspecified atom stereocenters. The largest absolute Gasteiger partial charge is 0.397 e. The van der Waals surface area contributed by atoms with Crippen molar-refractivity contribution >= 4 is 16.3 Å². The minimum absolute atomic E-state index is 0.241. The molecule has 1 heterocycles. The van der Waals surface area contributed by atoms with Crippen LogP contribution in [0.2, 0.25) is 0 Å². The highest BCUT2D eigenvalue weighted by Crippen LogP contribution is 2.26. The van der Waals surface area contributed by atoms with E-state index in [-0.39, 0.29) is 6.42 Å². The van der Waals surface area contributed by atoms with E-state index in [0.717, 1.165) is 38.5 Å². The third kappa shape index (κ3) is 32.3. The lowest BCUT2D eigenvalue weighted by molar-refractivity contribution is -0.298. The van der Waals surface area contributed by atoms with Crippen LogP contribution in [0.5, 0.6) is 0 Å². The van der Waals surface area contributed by atoms with E-state index in [0.29, 0.717) is 12.8 Å². The predicted molar refractivity (Wildman–Crippen MR) is 256 cm³/mol. The summed E-state index contributed by atoms with van der Waals surface area (Å²) in [6.45, 7) is 3.22. The topological polar surface area (TPSA) is 212 Å². The van der Waals surface area contributed by atoms with Crippen LogP contribution >= 0.6 is 0 Å². The van der Waals surface area contributed by atoms with Gasteiger partial charge < -0.3 is 40.3 Å². The highest BCUT2D eigenvalue weighted by Gasteiger charge is 2.48. The summed E-state index contributed by atoms with van der Waals surface area (Å²) < 4.78 is 47.6. The van der Waals surface area contributed by atoms with Gasteiger partial charge in [-0.25, -0.2) is 4.18 Å². The zero-order valence-electron chi connectivity index (χ0n) is 40.2. The number of aliphatic hydroxyl groups excluding tert-OH is 5. The molecule has 0 saturated carbocycles. The van der Waals surface area contributed by atoms with Crippen molar-refractivity contribution in [1.29, 1.82) is 0 Å². The Hall–Kier alpha value is -1.46. The van der Waals surface area contributed by atoms with Gasteiger partial charge in [0.05, 0.1) is 25.4 Å². The van der Waals surface area contributed by atoms with Crippen molar-refractivity contribution in [2.24, 2.45) is 0 Å². The summed E-state index contributed by atoms with van der Waals surface area (Å²) in [4.78, 5) is 13.1. The van der Waals surface area contributed by atoms with E-state index in [1.807, 2.05) is 0 Å². The van der Waals surface area contributed by atoms with Gasteiger partial charge in [-0.2, -0.15) is 8.42 Å². The molecule has 0 spiro atoms. The molecule has 8 atom stereocenters. The monoisotopic (exact) mass is 934 g/mol. The smallest absolute Gasteiger partial charge is 0.394 e. The van der Waals surface area contributed by atoms with Crippen LogP contribution in [0.15, 0.2) is 24.3 Å². The highest BCUT2D eigenvalue weighted by molar-refractivity contribution is 7.80. The fourth-order valence-electron chi connectivity index (χ4n) is 8.24. The predicted octanol–water partition coefficient (Wildman–Crippen LogP) is 9.86. The summed E-state index contributed by atoms with van der Waals surface area (Å²) in [6.07, 6.45) is 35.5. The summed E-state index contributed by atoms with van der Waals surface area (Å²) in [5, 5.41) is 55.3. The maximum atomic E-state index is 13.1. The van der Waals surface area contributed by atoms with E-state index in [4.69, 9.17) is 9.47 Å². The number of ether oxygens (including phenoxy) is 2.